The minimum Gasteiger partial charge on any atom is -0.481 e. The van der Waals surface area contributed by atoms with Crippen molar-refractivity contribution < 1.29 is 78.0 Å². The minimum absolute atomic E-state index is 0.00296. The van der Waals surface area contributed by atoms with Crippen LogP contribution in [0.5, 0.6) is 0 Å². The maximum Gasteiger partial charge on any atom is 0.317 e. The van der Waals surface area contributed by atoms with Gasteiger partial charge in [0.25, 0.3) is 0 Å². The van der Waals surface area contributed by atoms with E-state index in [0.29, 0.717) is 111 Å². The number of pyridine rings is 1. The molecule has 0 spiro atoms. The fourth-order valence-corrected chi connectivity index (χ4v) is 16.1. The molecule has 0 aliphatic carbocycles. The van der Waals surface area contributed by atoms with Crippen LogP contribution in [0.25, 0.3) is 0 Å². The number of hydrogen-bond donors (Lipinski definition) is 8. The predicted octanol–water partition coefficient (Wildman–Crippen LogP) is 4.07. The van der Waals surface area contributed by atoms with Crippen molar-refractivity contribution in [2.24, 2.45) is 17.6 Å². The Morgan fingerprint density at radius 2 is 1.24 bits per heavy atom. The first-order valence-electron chi connectivity index (χ1n) is 34.6. The van der Waals surface area contributed by atoms with Crippen molar-refractivity contribution in [1.82, 2.24) is 45.4 Å². The van der Waals surface area contributed by atoms with Crippen LogP contribution in [-0.2, 0) is 94.3 Å². The number of rotatable bonds is 25. The van der Waals surface area contributed by atoms with Crippen molar-refractivity contribution in [3.63, 3.8) is 0 Å². The Bertz CT molecular complexity index is 3330. The summed E-state index contributed by atoms with van der Waals surface area (Å²) in [5.74, 6) is -8.22. The van der Waals surface area contributed by atoms with Crippen molar-refractivity contribution in [2.45, 2.75) is 177 Å². The zero-order valence-electron chi connectivity index (χ0n) is 57.3. The van der Waals surface area contributed by atoms with Gasteiger partial charge in [0.1, 0.15) is 35.7 Å². The monoisotopic (exact) mass is 1440 g/mol. The molecule has 7 rings (SSSR count). The number of hydrogen-bond acceptors (Lipinski definition) is 20. The highest BCUT2D eigenvalue weighted by atomic mass is 32.2. The number of ketones is 3. The second-order valence-electron chi connectivity index (χ2n) is 26.5. The number of amides is 6. The van der Waals surface area contributed by atoms with Crippen molar-refractivity contribution in [2.75, 3.05) is 76.2 Å². The lowest BCUT2D eigenvalue weighted by Gasteiger charge is -2.33. The Hall–Kier alpha value is -7.28. The summed E-state index contributed by atoms with van der Waals surface area (Å²) in [4.78, 5) is 177. The number of nitrogens with one attached hydrogen (secondary N) is 3. The number of carbonyl (C=O) groups excluding carboxylic acids is 9. The Morgan fingerprint density at radius 1 is 0.640 bits per heavy atom. The SMILES string of the molecule is CCCCCC(=O)C[C@H]1CSCc2cc(CSCCCC(=O)CN3CCN(CC(=O)O)CCN(CC(=O)O)Cc4cccc(n4)C3)cc(c2)CSC[C@@H](C(=O)O)CC(=O)[C@H](Cc2ccccc2)NC(=O)[C@H](CCC(N)=O)NC(=O)[C@H]([C@@H](C)O)NC(=O)[C@@H]2CCCN2C(=O)[C@@H]2CCCN2C1=O. The number of fused-ring (bicyclic) bond motifs is 6. The highest BCUT2D eigenvalue weighted by Crippen LogP contribution is 2.31. The number of benzene rings is 2. The van der Waals surface area contributed by atoms with Gasteiger partial charge >= 0.3 is 17.9 Å². The summed E-state index contributed by atoms with van der Waals surface area (Å²) in [6.45, 7) is 5.18. The van der Waals surface area contributed by atoms with Crippen LogP contribution in [0, 0.1) is 11.8 Å². The van der Waals surface area contributed by atoms with Crippen LogP contribution in [0.2, 0.25) is 0 Å². The van der Waals surface area contributed by atoms with Crippen molar-refractivity contribution in [3.05, 3.63) is 100 Å². The molecule has 0 radical (unpaired) electrons. The lowest BCUT2D eigenvalue weighted by molar-refractivity contribution is -0.148. The Morgan fingerprint density at radius 3 is 1.87 bits per heavy atom. The molecular formula is C71H98N10O16S3. The molecule has 2 aromatic carbocycles. The van der Waals surface area contributed by atoms with E-state index in [1.165, 1.54) is 40.2 Å². The molecule has 0 unspecified atom stereocenters. The van der Waals surface area contributed by atoms with E-state index >= 15 is 0 Å². The summed E-state index contributed by atoms with van der Waals surface area (Å²) in [5.41, 5.74) is 10.2. The Balaban J connectivity index is 1.13. The second kappa shape index (κ2) is 41.0. The number of thioether (sulfide) groups is 3. The number of carbonyl (C=O) groups is 12. The molecule has 4 aliphatic heterocycles. The van der Waals surface area contributed by atoms with Gasteiger partial charge in [0.15, 0.2) is 5.78 Å². The van der Waals surface area contributed by atoms with Crippen LogP contribution in [0.3, 0.4) is 0 Å². The summed E-state index contributed by atoms with van der Waals surface area (Å²) in [6, 6.07) is 13.7. The molecule has 100 heavy (non-hydrogen) atoms. The van der Waals surface area contributed by atoms with Gasteiger partial charge in [0.05, 0.1) is 55.0 Å². The highest BCUT2D eigenvalue weighted by Gasteiger charge is 2.45. The van der Waals surface area contributed by atoms with E-state index in [0.717, 1.165) is 29.5 Å². The zero-order chi connectivity index (χ0) is 72.3. The van der Waals surface area contributed by atoms with Crippen LogP contribution in [0.1, 0.15) is 137 Å². The topological polar surface area (TPSA) is 377 Å². The number of carboxylic acids is 3. The number of carboxylic acid groups (broad SMARTS) is 3. The van der Waals surface area contributed by atoms with Gasteiger partial charge in [-0.25, -0.2) is 0 Å². The van der Waals surface area contributed by atoms with E-state index in [1.54, 1.807) is 51.9 Å². The van der Waals surface area contributed by atoms with E-state index in [4.69, 9.17) is 10.7 Å². The third-order valence-electron chi connectivity index (χ3n) is 18.2. The number of aliphatic carboxylic acids is 3. The maximum absolute atomic E-state index is 15.0. The largest absolute Gasteiger partial charge is 0.481 e. The molecular weight excluding hydrogens is 1350 g/mol. The summed E-state index contributed by atoms with van der Waals surface area (Å²) in [7, 11) is 0. The lowest BCUT2D eigenvalue weighted by Crippen LogP contribution is -2.61. The number of unbranched alkanes of at least 4 members (excludes halogenated alkanes) is 2. The first-order valence-corrected chi connectivity index (χ1v) is 38.1. The summed E-state index contributed by atoms with van der Waals surface area (Å²) in [5, 5.41) is 48.8. The molecule has 546 valence electrons. The van der Waals surface area contributed by atoms with Gasteiger partial charge in [-0.2, -0.15) is 35.3 Å². The van der Waals surface area contributed by atoms with E-state index in [2.05, 4.69) is 22.0 Å². The normalized spacial score (nSPS) is 23.1. The molecule has 26 nitrogen and oxygen atoms in total. The van der Waals surface area contributed by atoms with E-state index < -0.39 is 114 Å². The molecule has 4 aliphatic rings. The molecule has 29 heteroatoms. The summed E-state index contributed by atoms with van der Waals surface area (Å²) in [6.07, 6.45) is 1.99. The van der Waals surface area contributed by atoms with Crippen LogP contribution >= 0.6 is 35.3 Å². The quantitative estimate of drug-likeness (QED) is 0.0554. The standard InChI is InChI=1S/C71H98N10O16S3/c1-3-4-6-17-55(83)34-51-44-99-42-49-30-48(41-98-29-12-18-56(84)38-78-27-25-77(39-63(87)88)26-28-79(40-64(89)90)37-54-16-9-15-53(36-78)73-54)31-50(32-49)43-100-45-52(71(96)97)35-61(85)58(33-47-13-7-5-8-14-47)75-66(91)57(21-22-62(72)86)74-68(93)65(46(2)82)76-67(92)59-19-10-23-80(59)70(95)60-20-11-24-81(60)69(51)94/h5,7-9,13-16,30-32,46,51-52,57-60,65,82H,3-4,6,10-12,17-29,33-45H2,1-2H3,(H2,72,86)(H,74,93)(H,75,91)(H,76,92)(H,87,88)(H,89,90)(H,96,97)/t46-,51+,52+,57+,58+,59+,60+,65+/m1/s1. The lowest BCUT2D eigenvalue weighted by atomic mass is 9.95. The second-order valence-corrected chi connectivity index (χ2v) is 29.7. The van der Waals surface area contributed by atoms with E-state index in [-0.39, 0.29) is 100 Å². The molecule has 2 saturated heterocycles. The number of aromatic nitrogens is 1. The maximum atomic E-state index is 15.0. The van der Waals surface area contributed by atoms with Crippen LogP contribution < -0.4 is 21.7 Å². The molecule has 9 N–H and O–H groups in total. The molecule has 1 aromatic heterocycles. The number of aliphatic hydroxyl groups is 1. The van der Waals surface area contributed by atoms with Crippen molar-refractivity contribution in [3.8, 4) is 0 Å². The van der Waals surface area contributed by atoms with Gasteiger partial charge in [-0.3, -0.25) is 77.2 Å². The van der Waals surface area contributed by atoms with Gasteiger partial charge in [-0.15, -0.1) is 0 Å². The van der Waals surface area contributed by atoms with Gasteiger partial charge in [0, 0.05) is 113 Å². The fraction of sp³-hybridized carbons (Fsp3) is 0.592. The average molecular weight is 1440 g/mol. The summed E-state index contributed by atoms with van der Waals surface area (Å²) >= 11 is 4.40. The smallest absolute Gasteiger partial charge is 0.317 e. The number of Topliss-reactive ketones (excluding diaryl/α,β-unsaturated/α-hetero) is 3. The Labute approximate surface area is 597 Å². The van der Waals surface area contributed by atoms with Crippen molar-refractivity contribution in [1.29, 1.82) is 0 Å². The molecule has 0 saturated carbocycles. The van der Waals surface area contributed by atoms with Crippen LogP contribution in [0.15, 0.2) is 66.7 Å². The average Bonchev–Trinajstić information content (AvgIpc) is 1.63. The number of primary amides is 1. The molecule has 6 amide bonds. The van der Waals surface area contributed by atoms with Crippen molar-refractivity contribution >= 4 is 106 Å². The minimum atomic E-state index is -1.68. The summed E-state index contributed by atoms with van der Waals surface area (Å²) < 4.78 is 0. The predicted molar refractivity (Wildman–Crippen MR) is 379 cm³/mol. The third-order valence-corrected chi connectivity index (χ3v) is 21.7. The zero-order valence-corrected chi connectivity index (χ0v) is 59.7. The molecule has 3 aromatic rings. The highest BCUT2D eigenvalue weighted by molar-refractivity contribution is 7.99. The van der Waals surface area contributed by atoms with Crippen LogP contribution in [0.4, 0.5) is 0 Å². The van der Waals surface area contributed by atoms with Crippen LogP contribution in [-0.4, -0.2) is 233 Å². The molecule has 8 atom stereocenters. The first kappa shape index (κ1) is 80.0. The molecule has 4 bridgehead atoms. The first-order chi connectivity index (χ1) is 47.9. The number of nitrogens with two attached hydrogens (primary N) is 1. The van der Waals surface area contributed by atoms with E-state index in [9.17, 15) is 78.0 Å². The fourth-order valence-electron chi connectivity index (χ4n) is 13.1. The van der Waals surface area contributed by atoms with Gasteiger partial charge in [-0.05, 0) is 98.4 Å². The third kappa shape index (κ3) is 26.3. The van der Waals surface area contributed by atoms with Gasteiger partial charge < -0.3 is 51.9 Å². The Kier molecular flexibility index (Phi) is 32.8. The van der Waals surface area contributed by atoms with Gasteiger partial charge in [0.2, 0.25) is 35.4 Å². The molecule has 2 fully saturated rings. The van der Waals surface area contributed by atoms with Gasteiger partial charge in [-0.1, -0.05) is 74.4 Å². The molecule has 5 heterocycles. The van der Waals surface area contributed by atoms with E-state index in [1.807, 2.05) is 42.2 Å². The number of aliphatic hydroxyl groups excluding tert-OH is 1. The number of nitrogens with zero attached hydrogens (tertiary/aromatic N) is 6.